The molecule has 2 aromatic carbocycles. The largest absolute Gasteiger partial charge is 0.497 e. The highest BCUT2D eigenvalue weighted by Crippen LogP contribution is 2.35. The summed E-state index contributed by atoms with van der Waals surface area (Å²) >= 11 is 0. The van der Waals surface area contributed by atoms with Gasteiger partial charge in [0.05, 0.1) is 7.11 Å². The zero-order chi connectivity index (χ0) is 14.7. The van der Waals surface area contributed by atoms with E-state index in [0.29, 0.717) is 0 Å². The van der Waals surface area contributed by atoms with Gasteiger partial charge in [0.2, 0.25) is 0 Å². The summed E-state index contributed by atoms with van der Waals surface area (Å²) < 4.78 is 5.25. The molecule has 1 aliphatic carbocycles. The van der Waals surface area contributed by atoms with E-state index in [1.807, 2.05) is 12.1 Å². The molecule has 0 radical (unpaired) electrons. The molecule has 0 amide bonds. The molecule has 0 fully saturated rings. The molecule has 1 aliphatic rings. The van der Waals surface area contributed by atoms with Crippen molar-refractivity contribution in [3.63, 3.8) is 0 Å². The Morgan fingerprint density at radius 2 is 1.86 bits per heavy atom. The quantitative estimate of drug-likeness (QED) is 0.702. The molecular formula is C20H22O. The van der Waals surface area contributed by atoms with Gasteiger partial charge >= 0.3 is 0 Å². The molecule has 0 N–H and O–H groups in total. The minimum absolute atomic E-state index is 0.908. The van der Waals surface area contributed by atoms with Crippen LogP contribution in [-0.4, -0.2) is 7.11 Å². The number of fused-ring (bicyclic) bond motifs is 1. The Bertz CT molecular complexity index is 650. The van der Waals surface area contributed by atoms with Gasteiger partial charge in [0.15, 0.2) is 0 Å². The van der Waals surface area contributed by atoms with Crippen molar-refractivity contribution in [2.24, 2.45) is 0 Å². The zero-order valence-electron chi connectivity index (χ0n) is 12.9. The lowest BCUT2D eigenvalue weighted by atomic mass is 9.97. The Kier molecular flexibility index (Phi) is 4.10. The number of unbranched alkanes of at least 4 members (excludes halogenated alkanes) is 1. The van der Waals surface area contributed by atoms with Gasteiger partial charge in [0.1, 0.15) is 5.75 Å². The summed E-state index contributed by atoms with van der Waals surface area (Å²) in [6, 6.07) is 15.0. The van der Waals surface area contributed by atoms with E-state index in [2.05, 4.69) is 43.3 Å². The van der Waals surface area contributed by atoms with Crippen molar-refractivity contribution in [1.29, 1.82) is 0 Å². The summed E-state index contributed by atoms with van der Waals surface area (Å²) in [5, 5.41) is 0. The fraction of sp³-hybridized carbons (Fsp3) is 0.300. The van der Waals surface area contributed by atoms with Crippen LogP contribution in [0.2, 0.25) is 0 Å². The first-order valence-corrected chi connectivity index (χ1v) is 7.77. The molecule has 1 heteroatoms. The Labute approximate surface area is 127 Å². The van der Waals surface area contributed by atoms with Gasteiger partial charge in [-0.15, -0.1) is 0 Å². The minimum Gasteiger partial charge on any atom is -0.497 e. The van der Waals surface area contributed by atoms with E-state index in [4.69, 9.17) is 4.74 Å². The molecule has 2 aromatic rings. The number of methoxy groups -OCH3 is 1. The highest BCUT2D eigenvalue weighted by Gasteiger charge is 2.16. The molecule has 21 heavy (non-hydrogen) atoms. The predicted molar refractivity (Wildman–Crippen MR) is 89.6 cm³/mol. The van der Waals surface area contributed by atoms with Crippen LogP contribution in [0.5, 0.6) is 5.75 Å². The molecule has 1 nitrogen and oxygen atoms in total. The standard InChI is InChI=1S/C20H22O/c1-3-4-6-15-13-17-7-5-8-19(20(17)14-15)16-9-11-18(21-2)12-10-16/h5,7-12,14H,3-4,6,13H2,1-2H3. The average Bonchev–Trinajstić information content (AvgIpc) is 2.96. The molecule has 0 saturated carbocycles. The number of ether oxygens (including phenoxy) is 1. The number of benzene rings is 2. The number of allylic oxidation sites excluding steroid dienone is 1. The summed E-state index contributed by atoms with van der Waals surface area (Å²) in [4.78, 5) is 0. The highest BCUT2D eigenvalue weighted by atomic mass is 16.5. The van der Waals surface area contributed by atoms with E-state index in [0.717, 1.165) is 12.2 Å². The SMILES string of the molecule is CCCCC1=Cc2c(cccc2-c2ccc(OC)cc2)C1. The summed E-state index contributed by atoms with van der Waals surface area (Å²) in [6.45, 7) is 2.26. The van der Waals surface area contributed by atoms with E-state index < -0.39 is 0 Å². The van der Waals surface area contributed by atoms with Crippen LogP contribution in [-0.2, 0) is 6.42 Å². The first-order valence-electron chi connectivity index (χ1n) is 7.77. The predicted octanol–water partition coefficient (Wildman–Crippen LogP) is 5.49. The molecule has 0 heterocycles. The second-order valence-corrected chi connectivity index (χ2v) is 5.69. The maximum absolute atomic E-state index is 5.25. The van der Waals surface area contributed by atoms with Crippen molar-refractivity contribution in [3.05, 3.63) is 59.2 Å². The smallest absolute Gasteiger partial charge is 0.118 e. The van der Waals surface area contributed by atoms with Crippen LogP contribution in [0.25, 0.3) is 17.2 Å². The molecule has 0 aromatic heterocycles. The van der Waals surface area contributed by atoms with Crippen LogP contribution in [0.3, 0.4) is 0 Å². The third-order valence-corrected chi connectivity index (χ3v) is 4.21. The summed E-state index contributed by atoms with van der Waals surface area (Å²) in [5.74, 6) is 0.908. The van der Waals surface area contributed by atoms with E-state index in [9.17, 15) is 0 Å². The lowest BCUT2D eigenvalue weighted by molar-refractivity contribution is 0.415. The summed E-state index contributed by atoms with van der Waals surface area (Å²) in [5.41, 5.74) is 7.05. The Balaban J connectivity index is 1.94. The Morgan fingerprint density at radius 3 is 2.57 bits per heavy atom. The molecule has 0 saturated heterocycles. The van der Waals surface area contributed by atoms with Crippen molar-refractivity contribution in [2.45, 2.75) is 32.6 Å². The van der Waals surface area contributed by atoms with Gasteiger partial charge in [0, 0.05) is 0 Å². The lowest BCUT2D eigenvalue weighted by Gasteiger charge is -2.08. The van der Waals surface area contributed by atoms with Crippen LogP contribution in [0, 0.1) is 0 Å². The number of hydrogen-bond donors (Lipinski definition) is 0. The van der Waals surface area contributed by atoms with Gasteiger partial charge < -0.3 is 4.74 Å². The Morgan fingerprint density at radius 1 is 1.05 bits per heavy atom. The zero-order valence-corrected chi connectivity index (χ0v) is 12.9. The van der Waals surface area contributed by atoms with Crippen molar-refractivity contribution in [2.75, 3.05) is 7.11 Å². The maximum Gasteiger partial charge on any atom is 0.118 e. The first-order chi connectivity index (χ1) is 10.3. The fourth-order valence-electron chi connectivity index (χ4n) is 3.02. The third-order valence-electron chi connectivity index (χ3n) is 4.21. The molecule has 0 bridgehead atoms. The second kappa shape index (κ2) is 6.17. The Hall–Kier alpha value is -2.02. The number of hydrogen-bond acceptors (Lipinski definition) is 1. The minimum atomic E-state index is 0.908. The molecular weight excluding hydrogens is 256 g/mol. The van der Waals surface area contributed by atoms with Crippen molar-refractivity contribution < 1.29 is 4.74 Å². The van der Waals surface area contributed by atoms with Crippen LogP contribution in [0.4, 0.5) is 0 Å². The van der Waals surface area contributed by atoms with E-state index >= 15 is 0 Å². The van der Waals surface area contributed by atoms with Gasteiger partial charge in [-0.25, -0.2) is 0 Å². The summed E-state index contributed by atoms with van der Waals surface area (Å²) in [6.07, 6.45) is 7.31. The molecule has 0 aliphatic heterocycles. The molecule has 0 spiro atoms. The van der Waals surface area contributed by atoms with Crippen LogP contribution in [0.15, 0.2) is 48.0 Å². The van der Waals surface area contributed by atoms with Gasteiger partial charge in [-0.2, -0.15) is 0 Å². The second-order valence-electron chi connectivity index (χ2n) is 5.69. The van der Waals surface area contributed by atoms with Crippen molar-refractivity contribution in [1.82, 2.24) is 0 Å². The monoisotopic (exact) mass is 278 g/mol. The molecule has 3 rings (SSSR count). The van der Waals surface area contributed by atoms with E-state index in [1.165, 1.54) is 41.5 Å². The van der Waals surface area contributed by atoms with Gasteiger partial charge in [-0.3, -0.25) is 0 Å². The first kappa shape index (κ1) is 13.9. The number of rotatable bonds is 5. The maximum atomic E-state index is 5.25. The van der Waals surface area contributed by atoms with E-state index in [1.54, 1.807) is 12.7 Å². The highest BCUT2D eigenvalue weighted by molar-refractivity contribution is 5.80. The van der Waals surface area contributed by atoms with Crippen molar-refractivity contribution >= 4 is 6.08 Å². The lowest BCUT2D eigenvalue weighted by Crippen LogP contribution is -1.88. The topological polar surface area (TPSA) is 9.23 Å². The van der Waals surface area contributed by atoms with Crippen molar-refractivity contribution in [3.8, 4) is 16.9 Å². The van der Waals surface area contributed by atoms with Gasteiger partial charge in [0.25, 0.3) is 0 Å². The molecule has 108 valence electrons. The molecule has 0 atom stereocenters. The third kappa shape index (κ3) is 2.87. The van der Waals surface area contributed by atoms with Gasteiger partial charge in [-0.05, 0) is 53.6 Å². The van der Waals surface area contributed by atoms with E-state index in [-0.39, 0.29) is 0 Å². The fourth-order valence-corrected chi connectivity index (χ4v) is 3.02. The normalized spacial score (nSPS) is 13.0. The summed E-state index contributed by atoms with van der Waals surface area (Å²) in [7, 11) is 1.71. The van der Waals surface area contributed by atoms with Crippen LogP contribution >= 0.6 is 0 Å². The van der Waals surface area contributed by atoms with Gasteiger partial charge in [-0.1, -0.05) is 55.3 Å². The average molecular weight is 278 g/mol. The van der Waals surface area contributed by atoms with Crippen LogP contribution in [0.1, 0.15) is 37.3 Å². The molecule has 0 unspecified atom stereocenters. The van der Waals surface area contributed by atoms with Crippen LogP contribution < -0.4 is 4.74 Å².